The van der Waals surface area contributed by atoms with Crippen molar-refractivity contribution >= 4 is 23.2 Å². The first-order valence-corrected chi connectivity index (χ1v) is 4.71. The van der Waals surface area contributed by atoms with Crippen LogP contribution >= 0.6 is 11.6 Å². The summed E-state index contributed by atoms with van der Waals surface area (Å²) in [6, 6.07) is 4.05. The van der Waals surface area contributed by atoms with E-state index in [0.29, 0.717) is 5.69 Å². The maximum absolute atomic E-state index is 13.0. The molecule has 0 spiro atoms. The molecule has 0 saturated carbocycles. The Bertz CT molecular complexity index is 370. The largest absolute Gasteiger partial charge is 0.372 e. The van der Waals surface area contributed by atoms with Crippen LogP contribution in [0.25, 0.3) is 0 Å². The highest BCUT2D eigenvalue weighted by Crippen LogP contribution is 2.18. The Morgan fingerprint density at radius 3 is 2.80 bits per heavy atom. The second-order valence-corrected chi connectivity index (χ2v) is 3.40. The zero-order chi connectivity index (χ0) is 11.4. The molecule has 1 N–H and O–H groups in total. The van der Waals surface area contributed by atoms with Crippen molar-refractivity contribution in [1.29, 1.82) is 0 Å². The Balaban J connectivity index is 2.73. The molecule has 3 nitrogen and oxygen atoms in total. The van der Waals surface area contributed by atoms with Gasteiger partial charge in [-0.25, -0.2) is 4.39 Å². The van der Waals surface area contributed by atoms with Gasteiger partial charge in [0.1, 0.15) is 11.9 Å². The first kappa shape index (κ1) is 11.9. The lowest BCUT2D eigenvalue weighted by atomic mass is 10.3. The molecule has 0 bridgehead atoms. The Hall–Kier alpha value is -1.13. The minimum atomic E-state index is -0.580. The number of rotatable bonds is 3. The molecule has 1 aromatic carbocycles. The highest BCUT2D eigenvalue weighted by Gasteiger charge is 2.12. The van der Waals surface area contributed by atoms with E-state index in [2.05, 4.69) is 5.32 Å². The summed E-state index contributed by atoms with van der Waals surface area (Å²) in [5, 5.41) is 2.52. The number of halogens is 2. The molecule has 0 heterocycles. The number of hydrogen-bond acceptors (Lipinski definition) is 2. The van der Waals surface area contributed by atoms with E-state index in [0.717, 1.165) is 6.07 Å². The maximum atomic E-state index is 13.0. The average Bonchev–Trinajstić information content (AvgIpc) is 2.22. The second kappa shape index (κ2) is 5.09. The highest BCUT2D eigenvalue weighted by atomic mass is 35.5. The molecule has 0 fully saturated rings. The number of carbonyl (C=O) groups excluding carboxylic acids is 1. The summed E-state index contributed by atoms with van der Waals surface area (Å²) >= 11 is 5.49. The number of hydrogen-bond donors (Lipinski definition) is 1. The third-order valence-corrected chi connectivity index (χ3v) is 2.22. The number of amides is 1. The molecule has 1 rings (SSSR count). The summed E-state index contributed by atoms with van der Waals surface area (Å²) in [4.78, 5) is 11.3. The molecule has 5 heteroatoms. The molecule has 0 aliphatic heterocycles. The topological polar surface area (TPSA) is 38.3 Å². The van der Waals surface area contributed by atoms with E-state index in [1.807, 2.05) is 0 Å². The van der Waals surface area contributed by atoms with Crippen molar-refractivity contribution in [3.63, 3.8) is 0 Å². The maximum Gasteiger partial charge on any atom is 0.253 e. The molecule has 15 heavy (non-hydrogen) atoms. The molecule has 0 saturated heterocycles. The van der Waals surface area contributed by atoms with Crippen LogP contribution < -0.4 is 5.32 Å². The van der Waals surface area contributed by atoms with Crippen LogP contribution in [0.5, 0.6) is 0 Å². The van der Waals surface area contributed by atoms with Crippen LogP contribution in [0.4, 0.5) is 10.1 Å². The zero-order valence-corrected chi connectivity index (χ0v) is 9.14. The second-order valence-electron chi connectivity index (χ2n) is 3.00. The Morgan fingerprint density at radius 1 is 1.60 bits per heavy atom. The van der Waals surface area contributed by atoms with Crippen LogP contribution in [-0.4, -0.2) is 19.1 Å². The molecule has 1 atom stereocenters. The zero-order valence-electron chi connectivity index (χ0n) is 8.38. The van der Waals surface area contributed by atoms with Gasteiger partial charge < -0.3 is 10.1 Å². The summed E-state index contributed by atoms with van der Waals surface area (Å²) in [5.41, 5.74) is 0.353. The van der Waals surface area contributed by atoms with Crippen molar-refractivity contribution < 1.29 is 13.9 Å². The normalized spacial score (nSPS) is 12.3. The number of carbonyl (C=O) groups is 1. The standard InChI is InChI=1S/C10H11ClFNO2/c1-6(15-2)10(14)13-7-3-4-8(11)9(12)5-7/h3-6H,1-2H3,(H,13,14). The fourth-order valence-electron chi connectivity index (χ4n) is 0.925. The van der Waals surface area contributed by atoms with Crippen molar-refractivity contribution in [2.75, 3.05) is 12.4 Å². The smallest absolute Gasteiger partial charge is 0.253 e. The van der Waals surface area contributed by atoms with E-state index < -0.39 is 11.9 Å². The van der Waals surface area contributed by atoms with E-state index >= 15 is 0 Å². The van der Waals surface area contributed by atoms with E-state index in [-0.39, 0.29) is 10.9 Å². The first-order chi connectivity index (χ1) is 7.04. The van der Waals surface area contributed by atoms with Crippen molar-refractivity contribution in [3.8, 4) is 0 Å². The summed E-state index contributed by atoms with van der Waals surface area (Å²) in [6.07, 6.45) is -0.580. The van der Waals surface area contributed by atoms with Crippen molar-refractivity contribution in [2.45, 2.75) is 13.0 Å². The number of benzene rings is 1. The van der Waals surface area contributed by atoms with Crippen LogP contribution in [0.2, 0.25) is 5.02 Å². The lowest BCUT2D eigenvalue weighted by molar-refractivity contribution is -0.124. The fraction of sp³-hybridized carbons (Fsp3) is 0.300. The molecular formula is C10H11ClFNO2. The molecule has 1 unspecified atom stereocenters. The van der Waals surface area contributed by atoms with Gasteiger partial charge in [-0.15, -0.1) is 0 Å². The number of nitrogens with one attached hydrogen (secondary N) is 1. The van der Waals surface area contributed by atoms with E-state index in [1.54, 1.807) is 6.92 Å². The molecule has 0 radical (unpaired) electrons. The van der Waals surface area contributed by atoms with Gasteiger partial charge in [0.15, 0.2) is 0 Å². The third-order valence-electron chi connectivity index (χ3n) is 1.91. The SMILES string of the molecule is COC(C)C(=O)Nc1ccc(Cl)c(F)c1. The quantitative estimate of drug-likeness (QED) is 0.868. The van der Waals surface area contributed by atoms with E-state index in [1.165, 1.54) is 19.2 Å². The van der Waals surface area contributed by atoms with Crippen LogP contribution in [0.15, 0.2) is 18.2 Å². The van der Waals surface area contributed by atoms with Crippen LogP contribution in [0, 0.1) is 5.82 Å². The van der Waals surface area contributed by atoms with Gasteiger partial charge in [-0.1, -0.05) is 11.6 Å². The Labute approximate surface area is 92.2 Å². The molecule has 0 aromatic heterocycles. The predicted octanol–water partition coefficient (Wildman–Crippen LogP) is 2.45. The average molecular weight is 232 g/mol. The van der Waals surface area contributed by atoms with Crippen LogP contribution in [0.3, 0.4) is 0 Å². The molecule has 1 amide bonds. The van der Waals surface area contributed by atoms with Gasteiger partial charge in [0, 0.05) is 12.8 Å². The first-order valence-electron chi connectivity index (χ1n) is 4.33. The van der Waals surface area contributed by atoms with Crippen molar-refractivity contribution in [3.05, 3.63) is 29.0 Å². The van der Waals surface area contributed by atoms with Gasteiger partial charge >= 0.3 is 0 Å². The molecule has 1 aromatic rings. The van der Waals surface area contributed by atoms with Crippen molar-refractivity contribution in [1.82, 2.24) is 0 Å². The monoisotopic (exact) mass is 231 g/mol. The minimum absolute atomic E-state index is 0.0211. The fourth-order valence-corrected chi connectivity index (χ4v) is 1.04. The molecule has 0 aliphatic rings. The van der Waals surface area contributed by atoms with E-state index in [4.69, 9.17) is 16.3 Å². The summed E-state index contributed by atoms with van der Waals surface area (Å²) in [7, 11) is 1.42. The minimum Gasteiger partial charge on any atom is -0.372 e. The van der Waals surface area contributed by atoms with E-state index in [9.17, 15) is 9.18 Å². The van der Waals surface area contributed by atoms with Crippen LogP contribution in [-0.2, 0) is 9.53 Å². The molecule has 0 aliphatic carbocycles. The highest BCUT2D eigenvalue weighted by molar-refractivity contribution is 6.30. The van der Waals surface area contributed by atoms with Gasteiger partial charge in [0.05, 0.1) is 5.02 Å². The van der Waals surface area contributed by atoms with Gasteiger partial charge in [-0.05, 0) is 25.1 Å². The number of methoxy groups -OCH3 is 1. The van der Waals surface area contributed by atoms with Gasteiger partial charge in [0.2, 0.25) is 0 Å². The van der Waals surface area contributed by atoms with Gasteiger partial charge in [-0.3, -0.25) is 4.79 Å². The van der Waals surface area contributed by atoms with Gasteiger partial charge in [0.25, 0.3) is 5.91 Å². The number of anilines is 1. The predicted molar refractivity (Wildman–Crippen MR) is 56.5 cm³/mol. The molecular weight excluding hydrogens is 221 g/mol. The third kappa shape index (κ3) is 3.18. The van der Waals surface area contributed by atoms with Crippen molar-refractivity contribution in [2.24, 2.45) is 0 Å². The van der Waals surface area contributed by atoms with Crippen LogP contribution in [0.1, 0.15) is 6.92 Å². The lowest BCUT2D eigenvalue weighted by Gasteiger charge is -2.10. The summed E-state index contributed by atoms with van der Waals surface area (Å²) < 4.78 is 17.8. The Morgan fingerprint density at radius 2 is 2.27 bits per heavy atom. The lowest BCUT2D eigenvalue weighted by Crippen LogP contribution is -2.26. The molecule has 82 valence electrons. The summed E-state index contributed by atoms with van der Waals surface area (Å²) in [5.74, 6) is -0.904. The summed E-state index contributed by atoms with van der Waals surface area (Å²) in [6.45, 7) is 1.60. The van der Waals surface area contributed by atoms with Gasteiger partial charge in [-0.2, -0.15) is 0 Å². The number of ether oxygens (including phenoxy) is 1. The Kier molecular flexibility index (Phi) is 4.05.